The second-order valence-electron chi connectivity index (χ2n) is 6.58. The molecule has 29 heavy (non-hydrogen) atoms. The molecule has 0 saturated heterocycles. The molecule has 0 amide bonds. The summed E-state index contributed by atoms with van der Waals surface area (Å²) in [5.41, 5.74) is 1.27. The van der Waals surface area contributed by atoms with E-state index in [1.807, 2.05) is 24.3 Å². The predicted octanol–water partition coefficient (Wildman–Crippen LogP) is 3.24. The van der Waals surface area contributed by atoms with Crippen molar-refractivity contribution in [2.24, 2.45) is 0 Å². The number of benzene rings is 2. The average molecular weight is 390 g/mol. The van der Waals surface area contributed by atoms with Gasteiger partial charge in [-0.15, -0.1) is 0 Å². The molecule has 0 spiro atoms. The maximum Gasteiger partial charge on any atom is 0.341 e. The van der Waals surface area contributed by atoms with Crippen LogP contribution in [0.2, 0.25) is 0 Å². The minimum absolute atomic E-state index is 0.0229. The number of pyridine rings is 2. The van der Waals surface area contributed by atoms with Crippen LogP contribution in [0.4, 0.5) is 4.39 Å². The van der Waals surface area contributed by atoms with Crippen LogP contribution < -0.4 is 11.0 Å². The molecule has 0 bridgehead atoms. The van der Waals surface area contributed by atoms with Gasteiger partial charge in [0.15, 0.2) is 0 Å². The zero-order valence-corrected chi connectivity index (χ0v) is 15.1. The fourth-order valence-electron chi connectivity index (χ4n) is 3.28. The summed E-state index contributed by atoms with van der Waals surface area (Å²) in [5, 5.41) is 9.36. The van der Waals surface area contributed by atoms with Crippen LogP contribution in [0.15, 0.2) is 76.6 Å². The van der Waals surface area contributed by atoms with Gasteiger partial charge in [-0.3, -0.25) is 9.59 Å². The molecular weight excluding hydrogens is 375 g/mol. The molecule has 0 aliphatic heterocycles. The number of aromatic nitrogens is 2. The van der Waals surface area contributed by atoms with E-state index in [-0.39, 0.29) is 23.0 Å². The highest BCUT2D eigenvalue weighted by Gasteiger charge is 2.17. The first-order valence-corrected chi connectivity index (χ1v) is 8.77. The van der Waals surface area contributed by atoms with Gasteiger partial charge in [0, 0.05) is 30.4 Å². The molecular formula is C22H15FN2O4. The van der Waals surface area contributed by atoms with E-state index in [1.165, 1.54) is 35.0 Å². The van der Waals surface area contributed by atoms with Crippen molar-refractivity contribution < 1.29 is 14.3 Å². The van der Waals surface area contributed by atoms with E-state index in [9.17, 15) is 23.9 Å². The molecule has 0 aliphatic rings. The van der Waals surface area contributed by atoms with Crippen molar-refractivity contribution in [1.29, 1.82) is 0 Å². The third kappa shape index (κ3) is 3.45. The fourth-order valence-corrected chi connectivity index (χ4v) is 3.28. The van der Waals surface area contributed by atoms with Gasteiger partial charge in [0.2, 0.25) is 11.0 Å². The first kappa shape index (κ1) is 18.4. The largest absolute Gasteiger partial charge is 0.477 e. The predicted molar refractivity (Wildman–Crippen MR) is 107 cm³/mol. The van der Waals surface area contributed by atoms with Crippen LogP contribution in [0.3, 0.4) is 0 Å². The highest BCUT2D eigenvalue weighted by Crippen LogP contribution is 2.21. The molecule has 0 saturated carbocycles. The third-order valence-electron chi connectivity index (χ3n) is 4.70. The highest BCUT2D eigenvalue weighted by molar-refractivity contribution is 5.92. The molecule has 7 heteroatoms. The van der Waals surface area contributed by atoms with Gasteiger partial charge >= 0.3 is 5.97 Å². The molecule has 6 nitrogen and oxygen atoms in total. The van der Waals surface area contributed by atoms with Crippen molar-refractivity contribution in [2.75, 3.05) is 0 Å². The van der Waals surface area contributed by atoms with Crippen LogP contribution in [-0.2, 0) is 6.54 Å². The number of nitrogens with one attached hydrogen (secondary N) is 1. The zero-order chi connectivity index (χ0) is 20.5. The molecule has 0 fully saturated rings. The van der Waals surface area contributed by atoms with Crippen LogP contribution in [-0.4, -0.2) is 20.6 Å². The molecule has 2 aromatic carbocycles. The van der Waals surface area contributed by atoms with Gasteiger partial charge in [-0.2, -0.15) is 0 Å². The zero-order valence-electron chi connectivity index (χ0n) is 15.1. The maximum absolute atomic E-state index is 14.4. The van der Waals surface area contributed by atoms with Crippen LogP contribution in [0.1, 0.15) is 15.9 Å². The van der Waals surface area contributed by atoms with Crippen molar-refractivity contribution in [3.63, 3.8) is 0 Å². The van der Waals surface area contributed by atoms with Gasteiger partial charge in [-0.05, 0) is 34.9 Å². The van der Waals surface area contributed by atoms with Crippen LogP contribution >= 0.6 is 0 Å². The Balaban J connectivity index is 1.77. The number of carbonyl (C=O) groups is 1. The summed E-state index contributed by atoms with van der Waals surface area (Å²) in [4.78, 5) is 37.6. The van der Waals surface area contributed by atoms with Crippen LogP contribution in [0, 0.1) is 5.82 Å². The Morgan fingerprint density at radius 2 is 1.72 bits per heavy atom. The summed E-state index contributed by atoms with van der Waals surface area (Å²) in [5.74, 6) is -1.95. The van der Waals surface area contributed by atoms with Gasteiger partial charge in [0.05, 0.1) is 5.52 Å². The second kappa shape index (κ2) is 7.20. The lowest BCUT2D eigenvalue weighted by atomic mass is 10.1. The van der Waals surface area contributed by atoms with E-state index in [1.54, 1.807) is 12.3 Å². The Bertz CT molecular complexity index is 1330. The number of halogens is 1. The van der Waals surface area contributed by atoms with Gasteiger partial charge in [0.1, 0.15) is 11.4 Å². The molecule has 2 heterocycles. The Morgan fingerprint density at radius 1 is 1.00 bits per heavy atom. The number of aromatic amines is 1. The van der Waals surface area contributed by atoms with Crippen molar-refractivity contribution in [3.05, 3.63) is 105 Å². The Hall–Kier alpha value is -4.00. The fraction of sp³-hybridized carbons (Fsp3) is 0.0455. The number of nitrogens with zero attached hydrogens (tertiary/aromatic N) is 1. The lowest BCUT2D eigenvalue weighted by Crippen LogP contribution is -2.19. The van der Waals surface area contributed by atoms with E-state index in [4.69, 9.17) is 0 Å². The molecule has 2 aromatic heterocycles. The van der Waals surface area contributed by atoms with Gasteiger partial charge in [-0.25, -0.2) is 9.18 Å². The molecule has 0 unspecified atom stereocenters. The van der Waals surface area contributed by atoms with Crippen LogP contribution in [0.25, 0.3) is 22.0 Å². The smallest absolute Gasteiger partial charge is 0.341 e. The molecule has 4 rings (SSSR count). The Kier molecular flexibility index (Phi) is 4.56. The number of aromatic carboxylic acids is 1. The topological polar surface area (TPSA) is 92.2 Å². The average Bonchev–Trinajstić information content (AvgIpc) is 2.71. The molecule has 2 N–H and O–H groups in total. The first-order chi connectivity index (χ1) is 13.9. The summed E-state index contributed by atoms with van der Waals surface area (Å²) in [6.07, 6.45) is 2.78. The number of rotatable bonds is 4. The van der Waals surface area contributed by atoms with E-state index in [0.29, 0.717) is 0 Å². The van der Waals surface area contributed by atoms with E-state index in [2.05, 4.69) is 4.98 Å². The minimum atomic E-state index is -1.36. The normalized spacial score (nSPS) is 10.9. The number of hydrogen-bond acceptors (Lipinski definition) is 3. The lowest BCUT2D eigenvalue weighted by molar-refractivity contribution is 0.0695. The maximum atomic E-state index is 14.4. The summed E-state index contributed by atoms with van der Waals surface area (Å²) in [6.45, 7) is 0.184. The number of para-hydroxylation sites is 1. The van der Waals surface area contributed by atoms with Crippen molar-refractivity contribution in [2.45, 2.75) is 6.54 Å². The number of H-pyrrole nitrogens is 1. The third-order valence-corrected chi connectivity index (χ3v) is 4.70. The first-order valence-electron chi connectivity index (χ1n) is 8.77. The number of hydrogen-bond donors (Lipinski definition) is 2. The number of carboxylic acids is 1. The van der Waals surface area contributed by atoms with Crippen molar-refractivity contribution >= 4 is 16.9 Å². The van der Waals surface area contributed by atoms with Gasteiger partial charge in [0.25, 0.3) is 0 Å². The van der Waals surface area contributed by atoms with Crippen molar-refractivity contribution in [1.82, 2.24) is 9.55 Å². The summed E-state index contributed by atoms with van der Waals surface area (Å²) < 4.78 is 15.9. The summed E-state index contributed by atoms with van der Waals surface area (Å²) in [7, 11) is 0. The van der Waals surface area contributed by atoms with Crippen LogP contribution in [0.5, 0.6) is 0 Å². The van der Waals surface area contributed by atoms with Gasteiger partial charge in [-0.1, -0.05) is 30.3 Å². The Morgan fingerprint density at radius 3 is 2.38 bits per heavy atom. The van der Waals surface area contributed by atoms with E-state index < -0.39 is 22.8 Å². The minimum Gasteiger partial charge on any atom is -0.477 e. The van der Waals surface area contributed by atoms with E-state index in [0.717, 1.165) is 16.7 Å². The molecule has 4 aromatic rings. The SMILES string of the molecule is O=C(O)c1cn(Cc2ccc(-c3ccc(=O)[nH]c3)cc2)c2c(F)cccc2c1=O. The van der Waals surface area contributed by atoms with Gasteiger partial charge < -0.3 is 14.7 Å². The monoisotopic (exact) mass is 390 g/mol. The molecule has 0 aliphatic carbocycles. The Labute approximate surface area is 163 Å². The van der Waals surface area contributed by atoms with E-state index >= 15 is 0 Å². The number of fused-ring (bicyclic) bond motifs is 1. The summed E-state index contributed by atoms with van der Waals surface area (Å²) in [6, 6.07) is 14.5. The highest BCUT2D eigenvalue weighted by atomic mass is 19.1. The second-order valence-corrected chi connectivity index (χ2v) is 6.58. The molecule has 0 atom stereocenters. The van der Waals surface area contributed by atoms with Crippen molar-refractivity contribution in [3.8, 4) is 11.1 Å². The quantitative estimate of drug-likeness (QED) is 0.560. The molecule has 0 radical (unpaired) electrons. The number of carboxylic acid groups (broad SMARTS) is 1. The molecule has 144 valence electrons. The summed E-state index contributed by atoms with van der Waals surface area (Å²) >= 11 is 0. The lowest BCUT2D eigenvalue weighted by Gasteiger charge is -2.13. The standard InChI is InChI=1S/C22H15FN2O4/c23-18-3-1-2-16-20(18)25(12-17(21(16)27)22(28)29)11-13-4-6-14(7-5-13)15-8-9-19(26)24-10-15/h1-10,12H,11H2,(H,24,26)(H,28,29).